The SMILES string of the molecule is COc1cc([N+](=O)[O-])ccc1OC1CCN(C(=O)O)C1. The van der Waals surface area contributed by atoms with Crippen molar-refractivity contribution in [3.05, 3.63) is 28.3 Å². The highest BCUT2D eigenvalue weighted by atomic mass is 16.6. The lowest BCUT2D eigenvalue weighted by Gasteiger charge is -2.16. The minimum Gasteiger partial charge on any atom is -0.493 e. The monoisotopic (exact) mass is 282 g/mol. The standard InChI is InChI=1S/C12H14N2O6/c1-19-11-6-8(14(17)18)2-3-10(11)20-9-4-5-13(7-9)12(15)16/h2-3,6,9H,4-5,7H2,1H3,(H,15,16). The fourth-order valence-electron chi connectivity index (χ4n) is 2.04. The Hall–Kier alpha value is -2.51. The molecule has 0 radical (unpaired) electrons. The number of amides is 1. The normalized spacial score (nSPS) is 17.9. The summed E-state index contributed by atoms with van der Waals surface area (Å²) in [5, 5.41) is 19.5. The number of carboxylic acid groups (broad SMARTS) is 1. The average molecular weight is 282 g/mol. The lowest BCUT2D eigenvalue weighted by atomic mass is 10.2. The van der Waals surface area contributed by atoms with Crippen LogP contribution in [0, 0.1) is 10.1 Å². The number of ether oxygens (including phenoxy) is 2. The van der Waals surface area contributed by atoms with E-state index < -0.39 is 11.0 Å². The number of nitro benzene ring substituents is 1. The van der Waals surface area contributed by atoms with E-state index in [1.807, 2.05) is 0 Å². The Morgan fingerprint density at radius 2 is 2.25 bits per heavy atom. The van der Waals surface area contributed by atoms with Gasteiger partial charge in [-0.15, -0.1) is 0 Å². The van der Waals surface area contributed by atoms with E-state index in [1.165, 1.54) is 30.2 Å². The van der Waals surface area contributed by atoms with E-state index >= 15 is 0 Å². The molecule has 8 heteroatoms. The average Bonchev–Trinajstić information content (AvgIpc) is 2.87. The Morgan fingerprint density at radius 1 is 1.50 bits per heavy atom. The molecule has 0 spiro atoms. The summed E-state index contributed by atoms with van der Waals surface area (Å²) in [6.07, 6.45) is -0.680. The minimum absolute atomic E-state index is 0.0900. The molecule has 20 heavy (non-hydrogen) atoms. The molecule has 1 aromatic rings. The van der Waals surface area contributed by atoms with E-state index in [4.69, 9.17) is 14.6 Å². The van der Waals surface area contributed by atoms with Crippen LogP contribution in [0.4, 0.5) is 10.5 Å². The molecule has 1 unspecified atom stereocenters. The summed E-state index contributed by atoms with van der Waals surface area (Å²) >= 11 is 0. The van der Waals surface area contributed by atoms with Gasteiger partial charge in [0.2, 0.25) is 0 Å². The fourth-order valence-corrected chi connectivity index (χ4v) is 2.04. The molecule has 0 bridgehead atoms. The first-order chi connectivity index (χ1) is 9.51. The van der Waals surface area contributed by atoms with E-state index in [-0.39, 0.29) is 24.1 Å². The van der Waals surface area contributed by atoms with E-state index in [1.54, 1.807) is 0 Å². The maximum atomic E-state index is 10.8. The first kappa shape index (κ1) is 13.9. The van der Waals surface area contributed by atoms with Crippen LogP contribution in [0.5, 0.6) is 11.5 Å². The van der Waals surface area contributed by atoms with E-state index in [2.05, 4.69) is 0 Å². The Kier molecular flexibility index (Phi) is 3.92. The van der Waals surface area contributed by atoms with Crippen LogP contribution >= 0.6 is 0 Å². The predicted molar refractivity (Wildman–Crippen MR) is 68.3 cm³/mol. The molecule has 1 saturated heterocycles. The van der Waals surface area contributed by atoms with Crippen molar-refractivity contribution in [1.82, 2.24) is 4.90 Å². The maximum absolute atomic E-state index is 10.8. The predicted octanol–water partition coefficient (Wildman–Crippen LogP) is 1.73. The molecule has 1 aliphatic rings. The number of nitro groups is 1. The number of nitrogens with zero attached hydrogens (tertiary/aromatic N) is 2. The van der Waals surface area contributed by atoms with Crippen LogP contribution in [0.2, 0.25) is 0 Å². The van der Waals surface area contributed by atoms with Crippen molar-refractivity contribution in [3.63, 3.8) is 0 Å². The molecule has 1 fully saturated rings. The summed E-state index contributed by atoms with van der Waals surface area (Å²) in [6, 6.07) is 4.06. The zero-order valence-corrected chi connectivity index (χ0v) is 10.8. The second-order valence-corrected chi connectivity index (χ2v) is 4.35. The van der Waals surface area contributed by atoms with E-state index in [0.29, 0.717) is 18.7 Å². The summed E-state index contributed by atoms with van der Waals surface area (Å²) in [6.45, 7) is 0.685. The Morgan fingerprint density at radius 3 is 2.80 bits per heavy atom. The van der Waals surface area contributed by atoms with Crippen LogP contribution in [-0.2, 0) is 0 Å². The van der Waals surface area contributed by atoms with Crippen molar-refractivity contribution in [3.8, 4) is 11.5 Å². The molecule has 0 aliphatic carbocycles. The van der Waals surface area contributed by atoms with Crippen molar-refractivity contribution >= 4 is 11.8 Å². The maximum Gasteiger partial charge on any atom is 0.407 e. The third-order valence-corrected chi connectivity index (χ3v) is 3.07. The molecular formula is C12H14N2O6. The van der Waals surface area contributed by atoms with E-state index in [9.17, 15) is 14.9 Å². The van der Waals surface area contributed by atoms with Crippen LogP contribution < -0.4 is 9.47 Å². The van der Waals surface area contributed by atoms with Crippen LogP contribution in [0.3, 0.4) is 0 Å². The highest BCUT2D eigenvalue weighted by molar-refractivity contribution is 5.65. The summed E-state index contributed by atoms with van der Waals surface area (Å²) in [5.74, 6) is 0.628. The van der Waals surface area contributed by atoms with Gasteiger partial charge in [-0.05, 0) is 6.07 Å². The molecular weight excluding hydrogens is 268 g/mol. The zero-order valence-electron chi connectivity index (χ0n) is 10.8. The Labute approximate surface area is 114 Å². The number of methoxy groups -OCH3 is 1. The summed E-state index contributed by atoms with van der Waals surface area (Å²) in [4.78, 5) is 22.2. The summed E-state index contributed by atoms with van der Waals surface area (Å²) < 4.78 is 10.7. The van der Waals surface area contributed by atoms with E-state index in [0.717, 1.165) is 0 Å². The van der Waals surface area contributed by atoms with Gasteiger partial charge in [0, 0.05) is 19.0 Å². The molecule has 108 valence electrons. The second kappa shape index (κ2) is 5.64. The molecule has 1 heterocycles. The second-order valence-electron chi connectivity index (χ2n) is 4.35. The third kappa shape index (κ3) is 2.90. The molecule has 0 saturated carbocycles. The molecule has 1 aliphatic heterocycles. The first-order valence-corrected chi connectivity index (χ1v) is 5.98. The fraction of sp³-hybridized carbons (Fsp3) is 0.417. The lowest BCUT2D eigenvalue weighted by molar-refractivity contribution is -0.385. The number of carbonyl (C=O) groups is 1. The Bertz CT molecular complexity index is 533. The molecule has 1 atom stereocenters. The molecule has 1 amide bonds. The van der Waals surface area contributed by atoms with Crippen LogP contribution in [0.1, 0.15) is 6.42 Å². The molecule has 0 aromatic heterocycles. The topological polar surface area (TPSA) is 102 Å². The van der Waals surface area contributed by atoms with Crippen molar-refractivity contribution < 1.29 is 24.3 Å². The zero-order chi connectivity index (χ0) is 14.7. The van der Waals surface area contributed by atoms with Crippen molar-refractivity contribution in [2.24, 2.45) is 0 Å². The highest BCUT2D eigenvalue weighted by Crippen LogP contribution is 2.32. The van der Waals surface area contributed by atoms with Gasteiger partial charge in [0.1, 0.15) is 6.10 Å². The van der Waals surface area contributed by atoms with Crippen molar-refractivity contribution in [2.75, 3.05) is 20.2 Å². The minimum atomic E-state index is -0.980. The van der Waals surface area contributed by atoms with Gasteiger partial charge in [0.15, 0.2) is 11.5 Å². The smallest absolute Gasteiger partial charge is 0.407 e. The number of hydrogen-bond acceptors (Lipinski definition) is 5. The van der Waals surface area contributed by atoms with Gasteiger partial charge in [-0.25, -0.2) is 4.79 Å². The summed E-state index contributed by atoms with van der Waals surface area (Å²) in [7, 11) is 1.39. The summed E-state index contributed by atoms with van der Waals surface area (Å²) in [5.41, 5.74) is -0.0900. The highest BCUT2D eigenvalue weighted by Gasteiger charge is 2.28. The van der Waals surface area contributed by atoms with Crippen molar-refractivity contribution in [1.29, 1.82) is 0 Å². The number of rotatable bonds is 4. The van der Waals surface area contributed by atoms with Crippen molar-refractivity contribution in [2.45, 2.75) is 12.5 Å². The quantitative estimate of drug-likeness (QED) is 0.666. The van der Waals surface area contributed by atoms with Gasteiger partial charge >= 0.3 is 6.09 Å². The first-order valence-electron chi connectivity index (χ1n) is 5.98. The number of benzene rings is 1. The van der Waals surface area contributed by atoms with Gasteiger partial charge in [-0.3, -0.25) is 10.1 Å². The molecule has 8 nitrogen and oxygen atoms in total. The number of likely N-dealkylation sites (tertiary alicyclic amines) is 1. The largest absolute Gasteiger partial charge is 0.493 e. The van der Waals surface area contributed by atoms with Gasteiger partial charge < -0.3 is 19.5 Å². The van der Waals surface area contributed by atoms with Gasteiger partial charge in [0.25, 0.3) is 5.69 Å². The molecule has 2 rings (SSSR count). The lowest BCUT2D eigenvalue weighted by Crippen LogP contribution is -2.29. The number of hydrogen-bond donors (Lipinski definition) is 1. The van der Waals surface area contributed by atoms with Gasteiger partial charge in [-0.2, -0.15) is 0 Å². The van der Waals surface area contributed by atoms with Gasteiger partial charge in [0.05, 0.1) is 24.6 Å². The Balaban J connectivity index is 2.10. The molecule has 1 N–H and O–H groups in total. The third-order valence-electron chi connectivity index (χ3n) is 3.07. The molecule has 1 aromatic carbocycles. The number of non-ortho nitro benzene ring substituents is 1. The van der Waals surface area contributed by atoms with Crippen LogP contribution in [-0.4, -0.2) is 47.3 Å². The van der Waals surface area contributed by atoms with Crippen LogP contribution in [0.25, 0.3) is 0 Å². The van der Waals surface area contributed by atoms with Gasteiger partial charge in [-0.1, -0.05) is 0 Å². The van der Waals surface area contributed by atoms with Crippen LogP contribution in [0.15, 0.2) is 18.2 Å².